The number of ether oxygens (including phenoxy) is 2. The van der Waals surface area contributed by atoms with Gasteiger partial charge in [0, 0.05) is 0 Å². The average Bonchev–Trinajstić information content (AvgIpc) is 2.82. The molecule has 0 aromatic carbocycles. The van der Waals surface area contributed by atoms with E-state index in [2.05, 4.69) is 22.4 Å². The second-order valence-corrected chi connectivity index (χ2v) is 6.61. The number of nitrogens with zero attached hydrogens (tertiary/aromatic N) is 3. The molecule has 146 valence electrons. The van der Waals surface area contributed by atoms with Crippen molar-refractivity contribution in [1.82, 2.24) is 4.57 Å². The van der Waals surface area contributed by atoms with Gasteiger partial charge in [-0.05, 0) is 12.2 Å². The van der Waals surface area contributed by atoms with Crippen LogP contribution in [0.1, 0.15) is 0 Å². The molecule has 0 saturated carbocycles. The van der Waals surface area contributed by atoms with Crippen LogP contribution < -0.4 is 4.57 Å². The first kappa shape index (κ1) is 23.4. The normalized spacial score (nSPS) is 13.6. The van der Waals surface area contributed by atoms with Crippen molar-refractivity contribution in [2.75, 3.05) is 26.4 Å². The number of aromatic nitrogens is 2. The molecule has 0 fully saturated rings. The van der Waals surface area contributed by atoms with Gasteiger partial charge in [-0.3, -0.25) is 4.79 Å². The molecular formula is C11H16F6N3O3PS. The van der Waals surface area contributed by atoms with Gasteiger partial charge in [-0.25, -0.2) is 14.1 Å². The number of imidazole rings is 1. The summed E-state index contributed by atoms with van der Waals surface area (Å²) < 4.78 is 73.3. The van der Waals surface area contributed by atoms with Crippen molar-refractivity contribution < 1.29 is 44.0 Å². The minimum atomic E-state index is -10.7. The third-order valence-corrected chi connectivity index (χ3v) is 2.21. The van der Waals surface area contributed by atoms with Gasteiger partial charge in [0.15, 0.2) is 0 Å². The van der Waals surface area contributed by atoms with Crippen LogP contribution in [0.4, 0.5) is 25.2 Å². The molecule has 25 heavy (non-hydrogen) atoms. The molecule has 0 unspecified atom stereocenters. The Kier molecular flexibility index (Phi) is 8.16. The zero-order chi connectivity index (χ0) is 19.6. The van der Waals surface area contributed by atoms with Crippen LogP contribution in [-0.4, -0.2) is 42.1 Å². The van der Waals surface area contributed by atoms with Gasteiger partial charge < -0.3 is 9.47 Å². The number of thiocarbonyl (C=S) groups is 1. The Hall–Kier alpha value is -1.55. The van der Waals surface area contributed by atoms with E-state index >= 15 is 0 Å². The molecule has 0 saturated heterocycles. The van der Waals surface area contributed by atoms with Crippen molar-refractivity contribution in [2.24, 2.45) is 12.0 Å². The van der Waals surface area contributed by atoms with Crippen molar-refractivity contribution in [3.63, 3.8) is 0 Å². The molecule has 0 bridgehead atoms. The molecule has 0 aliphatic heterocycles. The van der Waals surface area contributed by atoms with Gasteiger partial charge in [0.05, 0.1) is 25.4 Å². The molecule has 0 N–H and O–H groups in total. The monoisotopic (exact) mass is 415 g/mol. The number of aliphatic imine (C=N–C) groups is 1. The quantitative estimate of drug-likeness (QED) is 0.124. The summed E-state index contributed by atoms with van der Waals surface area (Å²) in [5.41, 5.74) is 0. The third kappa shape index (κ3) is 22.4. The zero-order valence-electron chi connectivity index (χ0n) is 13.0. The Morgan fingerprint density at radius 3 is 2.32 bits per heavy atom. The summed E-state index contributed by atoms with van der Waals surface area (Å²) in [6, 6.07) is 0. The van der Waals surface area contributed by atoms with Gasteiger partial charge in [-0.2, -0.15) is 0 Å². The van der Waals surface area contributed by atoms with E-state index in [1.165, 1.54) is 0 Å². The Balaban J connectivity index is 0.000000697. The molecule has 1 aromatic heterocycles. The second-order valence-electron chi connectivity index (χ2n) is 4.52. The number of esters is 1. The topological polar surface area (TPSA) is 56.7 Å². The molecule has 0 aliphatic rings. The van der Waals surface area contributed by atoms with E-state index in [0.717, 1.165) is 6.54 Å². The summed E-state index contributed by atoms with van der Waals surface area (Å²) >= 11 is 4.34. The summed E-state index contributed by atoms with van der Waals surface area (Å²) in [5, 5.41) is 2.10. The van der Waals surface area contributed by atoms with Gasteiger partial charge in [0.2, 0.25) is 6.33 Å². The first-order chi connectivity index (χ1) is 11.2. The summed E-state index contributed by atoms with van der Waals surface area (Å²) in [6.45, 7) is 1.86. The molecule has 6 nitrogen and oxygen atoms in total. The Morgan fingerprint density at radius 2 is 1.84 bits per heavy atom. The number of carbonyl (C=O) groups is 1. The Bertz CT molecular complexity index is 604. The molecule has 1 rings (SSSR count). The van der Waals surface area contributed by atoms with Crippen LogP contribution in [0.2, 0.25) is 0 Å². The van der Waals surface area contributed by atoms with E-state index in [1.807, 2.05) is 34.9 Å². The van der Waals surface area contributed by atoms with Crippen LogP contribution in [0, 0.1) is 0 Å². The summed E-state index contributed by atoms with van der Waals surface area (Å²) in [6.07, 6.45) is 5.89. The molecule has 0 amide bonds. The number of hydrogen-bond donors (Lipinski definition) is 0. The predicted octanol–water partition coefficient (Wildman–Crippen LogP) is 3.36. The average molecular weight is 415 g/mol. The number of rotatable bonds is 8. The molecule has 0 atom stereocenters. The molecule has 0 spiro atoms. The van der Waals surface area contributed by atoms with E-state index < -0.39 is 13.8 Å². The number of halogens is 6. The maximum atomic E-state index is 11.0. The Morgan fingerprint density at radius 1 is 1.24 bits per heavy atom. The first-order valence-electron chi connectivity index (χ1n) is 6.52. The third-order valence-electron chi connectivity index (χ3n) is 2.08. The fraction of sp³-hybridized carbons (Fsp3) is 0.545. The molecule has 0 radical (unpaired) electrons. The summed E-state index contributed by atoms with van der Waals surface area (Å²) in [4.78, 5) is 14.5. The van der Waals surface area contributed by atoms with Crippen LogP contribution in [0.25, 0.3) is 0 Å². The zero-order valence-corrected chi connectivity index (χ0v) is 14.7. The predicted molar refractivity (Wildman–Crippen MR) is 80.8 cm³/mol. The number of aryl methyl sites for hydroxylation is 1. The van der Waals surface area contributed by atoms with Gasteiger partial charge >= 0.3 is 39.0 Å². The molecule has 14 heteroatoms. The fourth-order valence-electron chi connectivity index (χ4n) is 1.26. The van der Waals surface area contributed by atoms with Crippen molar-refractivity contribution in [1.29, 1.82) is 0 Å². The Labute approximate surface area is 144 Å². The summed E-state index contributed by atoms with van der Waals surface area (Å²) in [7, 11) is -8.70. The molecule has 0 aliphatic carbocycles. The second kappa shape index (κ2) is 8.70. The molecule has 1 aromatic rings. The van der Waals surface area contributed by atoms with Gasteiger partial charge in [0.25, 0.3) is 0 Å². The van der Waals surface area contributed by atoms with E-state index in [-0.39, 0.29) is 13.2 Å². The number of isothiocyanates is 1. The van der Waals surface area contributed by atoms with Crippen LogP contribution in [-0.2, 0) is 27.9 Å². The fourth-order valence-corrected chi connectivity index (χ4v) is 1.33. The van der Waals surface area contributed by atoms with Gasteiger partial charge in [-0.1, -0.05) is 0 Å². The number of hydrogen-bond acceptors (Lipinski definition) is 5. The van der Waals surface area contributed by atoms with Crippen molar-refractivity contribution in [3.8, 4) is 0 Å². The van der Waals surface area contributed by atoms with Gasteiger partial charge in [-0.15, -0.1) is 0 Å². The van der Waals surface area contributed by atoms with E-state index in [4.69, 9.17) is 9.47 Å². The van der Waals surface area contributed by atoms with Crippen LogP contribution in [0.15, 0.2) is 23.7 Å². The van der Waals surface area contributed by atoms with Crippen molar-refractivity contribution in [3.05, 3.63) is 18.7 Å². The van der Waals surface area contributed by atoms with E-state index in [1.54, 1.807) is 0 Å². The van der Waals surface area contributed by atoms with Crippen LogP contribution in [0.3, 0.4) is 0 Å². The number of carbonyl (C=O) groups excluding carboxylic acids is 1. The SMILES string of the molecule is C[n+]1ccn(CCOCCOC(=O)CN=C=S)c1.F[P-](F)(F)(F)(F)F. The minimum absolute atomic E-state index is 0.0800. The van der Waals surface area contributed by atoms with Crippen LogP contribution in [0.5, 0.6) is 0 Å². The molecule has 1 heterocycles. The van der Waals surface area contributed by atoms with Crippen molar-refractivity contribution >= 4 is 31.2 Å². The first-order valence-corrected chi connectivity index (χ1v) is 8.95. The molecular weight excluding hydrogens is 399 g/mol. The standard InChI is InChI=1S/C11H16N3O3S.F6P/c1-13-2-3-14(10-13)4-5-16-6-7-17-11(15)8-12-9-18;1-7(2,3,4,5)6/h2-3,10H,4-8H2,1H3;/q+1;-1. The van der Waals surface area contributed by atoms with Crippen molar-refractivity contribution in [2.45, 2.75) is 6.54 Å². The summed E-state index contributed by atoms with van der Waals surface area (Å²) in [5.74, 6) is -0.423. The van der Waals surface area contributed by atoms with Gasteiger partial charge in [0.1, 0.15) is 32.1 Å². The maximum absolute atomic E-state index is 11.0. The van der Waals surface area contributed by atoms with Crippen LogP contribution >= 0.6 is 20.0 Å². The van der Waals surface area contributed by atoms with E-state index in [0.29, 0.717) is 13.2 Å². The van der Waals surface area contributed by atoms with E-state index in [9.17, 15) is 30.0 Å².